The second-order valence-electron chi connectivity index (χ2n) is 6.57. The van der Waals surface area contributed by atoms with Gasteiger partial charge in [0, 0.05) is 38.8 Å². The van der Waals surface area contributed by atoms with Gasteiger partial charge in [-0.1, -0.05) is 26.0 Å². The molecule has 2 rings (SSSR count). The van der Waals surface area contributed by atoms with Gasteiger partial charge in [-0.05, 0) is 30.0 Å². The molecule has 21 heavy (non-hydrogen) atoms. The third-order valence-electron chi connectivity index (χ3n) is 4.07. The number of carbonyl (C=O) groups excluding carboxylic acids is 1. The van der Waals surface area contributed by atoms with Crippen molar-refractivity contribution in [2.24, 2.45) is 11.7 Å². The van der Waals surface area contributed by atoms with E-state index in [1.54, 1.807) is 0 Å². The van der Waals surface area contributed by atoms with Crippen molar-refractivity contribution in [2.75, 3.05) is 25.5 Å². The topological polar surface area (TPSA) is 49.6 Å². The molecule has 1 saturated heterocycles. The Kier molecular flexibility index (Phi) is 4.88. The monoisotopic (exact) mass is 289 g/mol. The van der Waals surface area contributed by atoms with Crippen LogP contribution in [0.15, 0.2) is 24.3 Å². The average Bonchev–Trinajstić information content (AvgIpc) is 2.43. The Balaban J connectivity index is 2.29. The standard InChI is InChI=1S/C17H27N3O/c1-12(2)11-20-16(21)10-9-15(18)17(20)13-5-7-14(8-6-13)19(3)4/h5-8,12,15,17H,9-11,18H2,1-4H3. The van der Waals surface area contributed by atoms with Crippen LogP contribution in [0.1, 0.15) is 38.3 Å². The molecule has 116 valence electrons. The molecule has 2 N–H and O–H groups in total. The van der Waals surface area contributed by atoms with Gasteiger partial charge in [0.1, 0.15) is 0 Å². The van der Waals surface area contributed by atoms with Gasteiger partial charge in [0.25, 0.3) is 0 Å². The highest BCUT2D eigenvalue weighted by Gasteiger charge is 2.34. The third-order valence-corrected chi connectivity index (χ3v) is 4.07. The maximum absolute atomic E-state index is 12.3. The van der Waals surface area contributed by atoms with Gasteiger partial charge >= 0.3 is 0 Å². The van der Waals surface area contributed by atoms with E-state index in [1.165, 1.54) is 0 Å². The van der Waals surface area contributed by atoms with E-state index < -0.39 is 0 Å². The van der Waals surface area contributed by atoms with Gasteiger partial charge in [-0.15, -0.1) is 0 Å². The smallest absolute Gasteiger partial charge is 0.223 e. The van der Waals surface area contributed by atoms with Crippen LogP contribution in [0.2, 0.25) is 0 Å². The SMILES string of the molecule is CC(C)CN1C(=O)CCC(N)C1c1ccc(N(C)C)cc1. The molecule has 1 aromatic rings. The van der Waals surface area contributed by atoms with Crippen molar-refractivity contribution in [3.8, 4) is 0 Å². The number of anilines is 1. The molecule has 1 heterocycles. The Morgan fingerprint density at radius 2 is 1.90 bits per heavy atom. The summed E-state index contributed by atoms with van der Waals surface area (Å²) in [5.74, 6) is 0.676. The zero-order valence-corrected chi connectivity index (χ0v) is 13.5. The lowest BCUT2D eigenvalue weighted by molar-refractivity contribution is -0.138. The quantitative estimate of drug-likeness (QED) is 0.926. The van der Waals surface area contributed by atoms with Crippen LogP contribution in [0.5, 0.6) is 0 Å². The van der Waals surface area contributed by atoms with E-state index in [9.17, 15) is 4.79 Å². The second-order valence-corrected chi connectivity index (χ2v) is 6.57. The van der Waals surface area contributed by atoms with E-state index in [2.05, 4.69) is 43.0 Å². The lowest BCUT2D eigenvalue weighted by atomic mass is 9.89. The van der Waals surface area contributed by atoms with E-state index in [0.717, 1.165) is 24.2 Å². The second kappa shape index (κ2) is 6.48. The highest BCUT2D eigenvalue weighted by atomic mass is 16.2. The first kappa shape index (κ1) is 15.8. The fourth-order valence-electron chi connectivity index (χ4n) is 2.98. The molecule has 0 bridgehead atoms. The Morgan fingerprint density at radius 3 is 2.43 bits per heavy atom. The Hall–Kier alpha value is -1.55. The number of likely N-dealkylation sites (tertiary alicyclic amines) is 1. The van der Waals surface area contributed by atoms with Crippen molar-refractivity contribution in [3.63, 3.8) is 0 Å². The van der Waals surface area contributed by atoms with Crippen LogP contribution in [0.4, 0.5) is 5.69 Å². The van der Waals surface area contributed by atoms with Gasteiger partial charge in [0.05, 0.1) is 6.04 Å². The molecular formula is C17H27N3O. The van der Waals surface area contributed by atoms with Gasteiger partial charge in [-0.2, -0.15) is 0 Å². The van der Waals surface area contributed by atoms with Crippen LogP contribution in [-0.2, 0) is 4.79 Å². The van der Waals surface area contributed by atoms with Gasteiger partial charge in [0.15, 0.2) is 0 Å². The zero-order valence-electron chi connectivity index (χ0n) is 13.5. The number of nitrogens with two attached hydrogens (primary N) is 1. The van der Waals surface area contributed by atoms with Crippen LogP contribution in [0.3, 0.4) is 0 Å². The average molecular weight is 289 g/mol. The number of hydrogen-bond donors (Lipinski definition) is 1. The van der Waals surface area contributed by atoms with Gasteiger partial charge in [0.2, 0.25) is 5.91 Å². The first-order chi connectivity index (χ1) is 9.90. The van der Waals surface area contributed by atoms with E-state index >= 15 is 0 Å². The minimum Gasteiger partial charge on any atom is -0.378 e. The summed E-state index contributed by atoms with van der Waals surface area (Å²) >= 11 is 0. The molecule has 2 atom stereocenters. The van der Waals surface area contributed by atoms with Crippen molar-refractivity contribution in [1.29, 1.82) is 0 Å². The molecule has 1 aromatic carbocycles. The van der Waals surface area contributed by atoms with Crippen LogP contribution in [0.25, 0.3) is 0 Å². The number of rotatable bonds is 4. The molecule has 0 radical (unpaired) electrons. The molecule has 2 unspecified atom stereocenters. The first-order valence-corrected chi connectivity index (χ1v) is 7.72. The number of amides is 1. The Morgan fingerprint density at radius 1 is 1.29 bits per heavy atom. The Labute approximate surface area is 127 Å². The molecule has 4 heteroatoms. The molecule has 1 amide bonds. The maximum Gasteiger partial charge on any atom is 0.223 e. The van der Waals surface area contributed by atoms with E-state index in [-0.39, 0.29) is 18.0 Å². The fraction of sp³-hybridized carbons (Fsp3) is 0.588. The van der Waals surface area contributed by atoms with E-state index in [0.29, 0.717) is 12.3 Å². The molecule has 0 aromatic heterocycles. The summed E-state index contributed by atoms with van der Waals surface area (Å²) < 4.78 is 0. The molecule has 0 aliphatic carbocycles. The summed E-state index contributed by atoms with van der Waals surface area (Å²) in [6.45, 7) is 5.05. The maximum atomic E-state index is 12.3. The van der Waals surface area contributed by atoms with Gasteiger partial charge in [-0.25, -0.2) is 0 Å². The molecule has 0 saturated carbocycles. The Bertz CT molecular complexity index is 481. The van der Waals surface area contributed by atoms with Crippen molar-refractivity contribution in [3.05, 3.63) is 29.8 Å². The van der Waals surface area contributed by atoms with Crippen LogP contribution < -0.4 is 10.6 Å². The van der Waals surface area contributed by atoms with Gasteiger partial charge in [-0.3, -0.25) is 4.79 Å². The summed E-state index contributed by atoms with van der Waals surface area (Å²) in [4.78, 5) is 16.3. The third kappa shape index (κ3) is 3.56. The first-order valence-electron chi connectivity index (χ1n) is 7.72. The summed E-state index contributed by atoms with van der Waals surface area (Å²) in [5.41, 5.74) is 8.63. The highest BCUT2D eigenvalue weighted by Crippen LogP contribution is 2.32. The van der Waals surface area contributed by atoms with E-state index in [4.69, 9.17) is 5.73 Å². The normalized spacial score (nSPS) is 22.8. The summed E-state index contributed by atoms with van der Waals surface area (Å²) in [5, 5.41) is 0. The number of hydrogen-bond acceptors (Lipinski definition) is 3. The highest BCUT2D eigenvalue weighted by molar-refractivity contribution is 5.78. The minimum absolute atomic E-state index is 0.00450. The summed E-state index contributed by atoms with van der Waals surface area (Å²) in [6, 6.07) is 8.41. The van der Waals surface area contributed by atoms with Crippen LogP contribution in [0, 0.1) is 5.92 Å². The molecule has 0 spiro atoms. The molecule has 1 aliphatic heterocycles. The van der Waals surface area contributed by atoms with Crippen molar-refractivity contribution in [1.82, 2.24) is 4.90 Å². The molecule has 4 nitrogen and oxygen atoms in total. The summed E-state index contributed by atoms with van der Waals surface area (Å²) in [7, 11) is 4.05. The molecular weight excluding hydrogens is 262 g/mol. The van der Waals surface area contributed by atoms with Gasteiger partial charge < -0.3 is 15.5 Å². The van der Waals surface area contributed by atoms with E-state index in [1.807, 2.05) is 19.0 Å². The number of carbonyl (C=O) groups is 1. The zero-order chi connectivity index (χ0) is 15.6. The van der Waals surface area contributed by atoms with Crippen molar-refractivity contribution < 1.29 is 4.79 Å². The number of nitrogens with zero attached hydrogens (tertiary/aromatic N) is 2. The lowest BCUT2D eigenvalue weighted by Crippen LogP contribution is -2.49. The van der Waals surface area contributed by atoms with Crippen molar-refractivity contribution >= 4 is 11.6 Å². The summed E-state index contributed by atoms with van der Waals surface area (Å²) in [6.07, 6.45) is 1.34. The molecule has 1 aliphatic rings. The predicted octanol–water partition coefficient (Wildman–Crippen LogP) is 2.40. The minimum atomic E-state index is 0.00450. The number of piperidine rings is 1. The fourth-order valence-corrected chi connectivity index (χ4v) is 2.98. The largest absolute Gasteiger partial charge is 0.378 e. The van der Waals surface area contributed by atoms with Crippen LogP contribution >= 0.6 is 0 Å². The van der Waals surface area contributed by atoms with Crippen molar-refractivity contribution in [2.45, 2.75) is 38.8 Å². The molecule has 1 fully saturated rings. The predicted molar refractivity (Wildman–Crippen MR) is 87.3 cm³/mol. The lowest BCUT2D eigenvalue weighted by Gasteiger charge is -2.41. The number of benzene rings is 1. The van der Waals surface area contributed by atoms with Crippen LogP contribution in [-0.4, -0.2) is 37.5 Å².